The molecule has 0 aliphatic rings. The van der Waals surface area contributed by atoms with E-state index < -0.39 is 0 Å². The van der Waals surface area contributed by atoms with Crippen molar-refractivity contribution in [3.8, 4) is 0 Å². The molecule has 0 aliphatic heterocycles. The van der Waals surface area contributed by atoms with Gasteiger partial charge >= 0.3 is 0 Å². The van der Waals surface area contributed by atoms with Crippen molar-refractivity contribution in [2.45, 2.75) is 19.9 Å². The maximum atomic E-state index is 5.91. The summed E-state index contributed by atoms with van der Waals surface area (Å²) in [6.07, 6.45) is 0. The van der Waals surface area contributed by atoms with Crippen LogP contribution in [0.25, 0.3) is 0 Å². The van der Waals surface area contributed by atoms with Gasteiger partial charge in [-0.25, -0.2) is 4.68 Å². The fourth-order valence-corrected chi connectivity index (χ4v) is 2.09. The molecule has 2 rings (SSSR count). The second kappa shape index (κ2) is 4.45. The SMILES string of the molecule is Cc1cc(N)n(C(C)c2ccc(I)cc2)n1. The van der Waals surface area contributed by atoms with Crippen molar-refractivity contribution in [3.05, 3.63) is 45.2 Å². The van der Waals surface area contributed by atoms with Crippen LogP contribution >= 0.6 is 22.6 Å². The largest absolute Gasteiger partial charge is 0.384 e. The molecule has 1 heterocycles. The zero-order valence-corrected chi connectivity index (χ0v) is 11.5. The Labute approximate surface area is 109 Å². The fraction of sp³-hybridized carbons (Fsp3) is 0.250. The van der Waals surface area contributed by atoms with Gasteiger partial charge in [-0.1, -0.05) is 12.1 Å². The monoisotopic (exact) mass is 327 g/mol. The maximum absolute atomic E-state index is 5.91. The van der Waals surface area contributed by atoms with Crippen LogP contribution in [0.3, 0.4) is 0 Å². The topological polar surface area (TPSA) is 43.8 Å². The summed E-state index contributed by atoms with van der Waals surface area (Å²) in [7, 11) is 0. The number of halogens is 1. The summed E-state index contributed by atoms with van der Waals surface area (Å²) in [6.45, 7) is 4.05. The summed E-state index contributed by atoms with van der Waals surface area (Å²) in [5, 5.41) is 4.40. The first-order valence-corrected chi connectivity index (χ1v) is 6.23. The highest BCUT2D eigenvalue weighted by Crippen LogP contribution is 2.21. The summed E-state index contributed by atoms with van der Waals surface area (Å²) in [6, 6.07) is 10.5. The van der Waals surface area contributed by atoms with E-state index in [0.717, 1.165) is 5.69 Å². The van der Waals surface area contributed by atoms with Gasteiger partial charge in [-0.3, -0.25) is 0 Å². The predicted molar refractivity (Wildman–Crippen MR) is 74.3 cm³/mol. The Morgan fingerprint density at radius 3 is 2.44 bits per heavy atom. The van der Waals surface area contributed by atoms with Crippen LogP contribution in [-0.2, 0) is 0 Å². The van der Waals surface area contributed by atoms with Gasteiger partial charge in [0.25, 0.3) is 0 Å². The van der Waals surface area contributed by atoms with Crippen molar-refractivity contribution < 1.29 is 0 Å². The third-order valence-electron chi connectivity index (χ3n) is 2.61. The van der Waals surface area contributed by atoms with E-state index in [1.807, 2.05) is 17.7 Å². The van der Waals surface area contributed by atoms with E-state index in [-0.39, 0.29) is 6.04 Å². The third kappa shape index (κ3) is 2.21. The summed E-state index contributed by atoms with van der Waals surface area (Å²) in [4.78, 5) is 0. The van der Waals surface area contributed by atoms with E-state index >= 15 is 0 Å². The van der Waals surface area contributed by atoms with Gasteiger partial charge in [-0.05, 0) is 54.1 Å². The molecule has 0 fully saturated rings. The molecular formula is C12H14IN3. The lowest BCUT2D eigenvalue weighted by Crippen LogP contribution is -2.11. The number of anilines is 1. The van der Waals surface area contributed by atoms with E-state index in [1.165, 1.54) is 9.13 Å². The van der Waals surface area contributed by atoms with Crippen molar-refractivity contribution >= 4 is 28.4 Å². The molecule has 1 unspecified atom stereocenters. The first-order chi connectivity index (χ1) is 7.58. The van der Waals surface area contributed by atoms with Crippen molar-refractivity contribution in [1.82, 2.24) is 9.78 Å². The van der Waals surface area contributed by atoms with Crippen LogP contribution in [0.5, 0.6) is 0 Å². The smallest absolute Gasteiger partial charge is 0.122 e. The van der Waals surface area contributed by atoms with Gasteiger partial charge in [0, 0.05) is 9.64 Å². The van der Waals surface area contributed by atoms with E-state index in [9.17, 15) is 0 Å². The number of hydrogen-bond donors (Lipinski definition) is 1. The molecule has 84 valence electrons. The van der Waals surface area contributed by atoms with Crippen LogP contribution in [0.4, 0.5) is 5.82 Å². The molecule has 0 saturated carbocycles. The minimum atomic E-state index is 0.172. The summed E-state index contributed by atoms with van der Waals surface area (Å²) >= 11 is 2.30. The van der Waals surface area contributed by atoms with Gasteiger partial charge < -0.3 is 5.73 Å². The standard InChI is InChI=1S/C12H14IN3/c1-8-7-12(14)16(15-8)9(2)10-3-5-11(13)6-4-10/h3-7,9H,14H2,1-2H3. The molecule has 1 atom stereocenters. The molecule has 1 aromatic carbocycles. The quantitative estimate of drug-likeness (QED) is 0.862. The Hall–Kier alpha value is -1.04. The molecule has 16 heavy (non-hydrogen) atoms. The number of benzene rings is 1. The number of hydrogen-bond acceptors (Lipinski definition) is 2. The Morgan fingerprint density at radius 1 is 1.31 bits per heavy atom. The number of aryl methyl sites for hydroxylation is 1. The normalized spacial score (nSPS) is 12.7. The average molecular weight is 327 g/mol. The van der Waals surface area contributed by atoms with Gasteiger partial charge in [-0.15, -0.1) is 0 Å². The van der Waals surface area contributed by atoms with E-state index in [1.54, 1.807) is 0 Å². The molecule has 1 aromatic heterocycles. The van der Waals surface area contributed by atoms with Crippen molar-refractivity contribution in [2.75, 3.05) is 5.73 Å². The Balaban J connectivity index is 2.35. The van der Waals surface area contributed by atoms with Gasteiger partial charge in [0.2, 0.25) is 0 Å². The molecule has 4 heteroatoms. The van der Waals surface area contributed by atoms with Crippen LogP contribution in [0.15, 0.2) is 30.3 Å². The zero-order valence-electron chi connectivity index (χ0n) is 9.31. The number of rotatable bonds is 2. The Bertz CT molecular complexity index is 487. The number of nitrogen functional groups attached to an aromatic ring is 1. The molecule has 2 aromatic rings. The van der Waals surface area contributed by atoms with Crippen molar-refractivity contribution in [3.63, 3.8) is 0 Å². The lowest BCUT2D eigenvalue weighted by Gasteiger charge is -2.14. The Morgan fingerprint density at radius 2 is 1.94 bits per heavy atom. The van der Waals surface area contributed by atoms with E-state index in [2.05, 4.69) is 58.9 Å². The summed E-state index contributed by atoms with van der Waals surface area (Å²) in [5.41, 5.74) is 8.08. The second-order valence-electron chi connectivity index (χ2n) is 3.88. The number of nitrogens with two attached hydrogens (primary N) is 1. The van der Waals surface area contributed by atoms with Crippen LogP contribution in [0, 0.1) is 10.5 Å². The molecule has 0 spiro atoms. The third-order valence-corrected chi connectivity index (χ3v) is 3.33. The highest BCUT2D eigenvalue weighted by Gasteiger charge is 2.11. The molecule has 0 bridgehead atoms. The minimum Gasteiger partial charge on any atom is -0.384 e. The molecule has 3 nitrogen and oxygen atoms in total. The average Bonchev–Trinajstić information content (AvgIpc) is 2.58. The van der Waals surface area contributed by atoms with E-state index in [0.29, 0.717) is 5.82 Å². The zero-order chi connectivity index (χ0) is 11.7. The first-order valence-electron chi connectivity index (χ1n) is 5.15. The van der Waals surface area contributed by atoms with E-state index in [4.69, 9.17) is 5.73 Å². The van der Waals surface area contributed by atoms with Crippen LogP contribution < -0.4 is 5.73 Å². The second-order valence-corrected chi connectivity index (χ2v) is 5.13. The Kier molecular flexibility index (Phi) is 3.18. The molecule has 2 N–H and O–H groups in total. The highest BCUT2D eigenvalue weighted by molar-refractivity contribution is 14.1. The molecule has 0 amide bonds. The highest BCUT2D eigenvalue weighted by atomic mass is 127. The lowest BCUT2D eigenvalue weighted by molar-refractivity contribution is 0.569. The van der Waals surface area contributed by atoms with Crippen LogP contribution in [0.2, 0.25) is 0 Å². The summed E-state index contributed by atoms with van der Waals surface area (Å²) in [5.74, 6) is 0.712. The number of aromatic nitrogens is 2. The summed E-state index contributed by atoms with van der Waals surface area (Å²) < 4.78 is 3.09. The molecule has 0 saturated heterocycles. The maximum Gasteiger partial charge on any atom is 0.122 e. The fourth-order valence-electron chi connectivity index (χ4n) is 1.73. The molecule has 0 radical (unpaired) electrons. The van der Waals surface area contributed by atoms with Crippen molar-refractivity contribution in [1.29, 1.82) is 0 Å². The predicted octanol–water partition coefficient (Wildman–Crippen LogP) is 2.99. The lowest BCUT2D eigenvalue weighted by atomic mass is 10.1. The minimum absolute atomic E-state index is 0.172. The van der Waals surface area contributed by atoms with Gasteiger partial charge in [0.15, 0.2) is 0 Å². The van der Waals surface area contributed by atoms with Crippen LogP contribution in [0.1, 0.15) is 24.2 Å². The van der Waals surface area contributed by atoms with Gasteiger partial charge in [0.1, 0.15) is 5.82 Å². The molecular weight excluding hydrogens is 313 g/mol. The first kappa shape index (κ1) is 11.4. The molecule has 0 aliphatic carbocycles. The van der Waals surface area contributed by atoms with Gasteiger partial charge in [-0.2, -0.15) is 5.10 Å². The van der Waals surface area contributed by atoms with Crippen molar-refractivity contribution in [2.24, 2.45) is 0 Å². The number of nitrogens with zero attached hydrogens (tertiary/aromatic N) is 2. The van der Waals surface area contributed by atoms with Crippen LogP contribution in [-0.4, -0.2) is 9.78 Å². The van der Waals surface area contributed by atoms with Gasteiger partial charge in [0.05, 0.1) is 11.7 Å².